The van der Waals surface area contributed by atoms with Gasteiger partial charge in [-0.3, -0.25) is 0 Å². The summed E-state index contributed by atoms with van der Waals surface area (Å²) in [5, 5.41) is 0. The number of ether oxygens (including phenoxy) is 4. The van der Waals surface area contributed by atoms with Crippen molar-refractivity contribution in [2.75, 3.05) is 13.2 Å². The van der Waals surface area contributed by atoms with Crippen LogP contribution in [0.5, 0.6) is 23.0 Å². The zero-order valence-electron chi connectivity index (χ0n) is 23.9. The molecule has 0 saturated carbocycles. The van der Waals surface area contributed by atoms with Gasteiger partial charge in [-0.1, -0.05) is 18.2 Å². The molecule has 0 amide bonds. The summed E-state index contributed by atoms with van der Waals surface area (Å²) in [5.41, 5.74) is 0. The fourth-order valence-corrected chi connectivity index (χ4v) is 13.8. The number of esters is 2. The number of hydrogen-bond donors (Lipinski definition) is 0. The Labute approximate surface area is 357 Å². The monoisotopic (exact) mass is 1320 g/mol. The highest BCUT2D eigenvalue weighted by Crippen LogP contribution is 2.34. The van der Waals surface area contributed by atoms with Gasteiger partial charge in [0.15, 0.2) is 39.4 Å². The quantitative estimate of drug-likeness (QED) is 0.0568. The standard InChI is InChI=1S/C34H21I6O6S/c35-20-14-27(37)33(28(38)15-20)45-31(41)18-43-22-6-10-25(11-7-22)47(24-4-2-1-3-5-24)26-12-8-23(9-13-26)44-19-32(42)46-34-29(39)16-21(36)17-30(34)40/h1-17H,18-19H2/q+1. The van der Waals surface area contributed by atoms with Crippen LogP contribution in [-0.4, -0.2) is 25.2 Å². The first kappa shape index (κ1) is 37.6. The number of hydrogen-bond acceptors (Lipinski definition) is 6. The minimum absolute atomic E-state index is 0.208. The molecule has 0 atom stereocenters. The van der Waals surface area contributed by atoms with Crippen LogP contribution in [0.25, 0.3) is 0 Å². The van der Waals surface area contributed by atoms with Gasteiger partial charge >= 0.3 is 11.9 Å². The van der Waals surface area contributed by atoms with Crippen molar-refractivity contribution in [3.8, 4) is 23.0 Å². The van der Waals surface area contributed by atoms with Gasteiger partial charge in [0.25, 0.3) is 0 Å². The first-order chi connectivity index (χ1) is 22.6. The van der Waals surface area contributed by atoms with Crippen LogP contribution < -0.4 is 18.9 Å². The molecule has 5 aromatic carbocycles. The molecule has 0 aliphatic carbocycles. The van der Waals surface area contributed by atoms with Gasteiger partial charge in [0.1, 0.15) is 11.5 Å². The lowest BCUT2D eigenvalue weighted by molar-refractivity contribution is -0.137. The summed E-state index contributed by atoms with van der Waals surface area (Å²) in [6.45, 7) is -0.417. The second-order valence-electron chi connectivity index (χ2n) is 9.48. The van der Waals surface area contributed by atoms with Crippen molar-refractivity contribution in [3.63, 3.8) is 0 Å². The first-order valence-electron chi connectivity index (χ1n) is 13.5. The third-order valence-corrected chi connectivity index (χ3v) is 12.9. The summed E-state index contributed by atoms with van der Waals surface area (Å²) in [6.07, 6.45) is 0. The normalized spacial score (nSPS) is 10.9. The zero-order chi connectivity index (χ0) is 33.5. The second-order valence-corrected chi connectivity index (χ2v) is 18.7. The SMILES string of the molecule is O=C(COc1ccc([S+](c2ccccc2)c2ccc(OCC(=O)Oc3c(I)cc(I)cc3I)cc2)cc1)Oc1c(I)cc(I)cc1I. The number of carbonyl (C=O) groups is 2. The van der Waals surface area contributed by atoms with Gasteiger partial charge in [-0.2, -0.15) is 0 Å². The Hall–Kier alpha value is -0.630. The molecule has 47 heavy (non-hydrogen) atoms. The van der Waals surface area contributed by atoms with E-state index >= 15 is 0 Å². The fraction of sp³-hybridized carbons (Fsp3) is 0.0588. The van der Waals surface area contributed by atoms with E-state index in [4.69, 9.17) is 18.9 Å². The summed E-state index contributed by atoms with van der Waals surface area (Å²) in [6, 6.07) is 33.6. The number of rotatable bonds is 11. The van der Waals surface area contributed by atoms with Gasteiger partial charge < -0.3 is 18.9 Å². The van der Waals surface area contributed by atoms with E-state index in [1.54, 1.807) is 0 Å². The molecule has 5 aromatic rings. The van der Waals surface area contributed by atoms with Crippen LogP contribution in [0.3, 0.4) is 0 Å². The van der Waals surface area contributed by atoms with Crippen LogP contribution in [-0.2, 0) is 20.5 Å². The maximum absolute atomic E-state index is 12.6. The van der Waals surface area contributed by atoms with Crippen LogP contribution in [0, 0.1) is 21.4 Å². The van der Waals surface area contributed by atoms with Crippen molar-refractivity contribution >= 4 is 158 Å². The summed E-state index contributed by atoms with van der Waals surface area (Å²) in [4.78, 5) is 28.4. The predicted octanol–water partition coefficient (Wildman–Crippen LogP) is 10.4. The molecule has 0 aliphatic rings. The lowest BCUT2D eigenvalue weighted by atomic mass is 10.3. The molecule has 13 heteroatoms. The van der Waals surface area contributed by atoms with E-state index in [1.165, 1.54) is 0 Å². The van der Waals surface area contributed by atoms with Crippen molar-refractivity contribution < 1.29 is 28.5 Å². The van der Waals surface area contributed by atoms with Gasteiger partial charge in [-0.05, 0) is 220 Å². The lowest BCUT2D eigenvalue weighted by Crippen LogP contribution is -2.19. The largest absolute Gasteiger partial charge is 0.482 e. The molecular weight excluding hydrogens is 1300 g/mol. The van der Waals surface area contributed by atoms with Crippen LogP contribution in [0.1, 0.15) is 0 Å². The first-order valence-corrected chi connectivity index (χ1v) is 21.2. The smallest absolute Gasteiger partial charge is 0.349 e. The topological polar surface area (TPSA) is 71.1 Å². The lowest BCUT2D eigenvalue weighted by Gasteiger charge is -2.12. The van der Waals surface area contributed by atoms with Crippen molar-refractivity contribution in [2.45, 2.75) is 14.7 Å². The molecule has 0 aliphatic heterocycles. The van der Waals surface area contributed by atoms with E-state index in [1.807, 2.05) is 91.0 Å². The molecule has 0 radical (unpaired) electrons. The molecule has 5 rings (SSSR count). The van der Waals surface area contributed by atoms with E-state index in [9.17, 15) is 9.59 Å². The Morgan fingerprint density at radius 1 is 0.489 bits per heavy atom. The molecule has 0 bridgehead atoms. The Balaban J connectivity index is 1.23. The molecular formula is C34H21I6O6S+. The van der Waals surface area contributed by atoms with Gasteiger partial charge in [0.2, 0.25) is 0 Å². The summed E-state index contributed by atoms with van der Waals surface area (Å²) < 4.78 is 28.4. The van der Waals surface area contributed by atoms with E-state index < -0.39 is 22.8 Å². The highest BCUT2D eigenvalue weighted by Gasteiger charge is 2.29. The minimum atomic E-state index is -0.468. The second kappa shape index (κ2) is 18.0. The third-order valence-electron chi connectivity index (χ3n) is 6.17. The van der Waals surface area contributed by atoms with Crippen LogP contribution in [0.15, 0.2) is 118 Å². The Morgan fingerprint density at radius 3 is 1.19 bits per heavy atom. The maximum Gasteiger partial charge on any atom is 0.349 e. The Bertz CT molecular complexity index is 1720. The average molecular weight is 1320 g/mol. The van der Waals surface area contributed by atoms with Gasteiger partial charge in [0, 0.05) is 7.14 Å². The molecule has 0 unspecified atom stereocenters. The highest BCUT2D eigenvalue weighted by atomic mass is 127. The predicted molar refractivity (Wildman–Crippen MR) is 233 cm³/mol. The number of halogens is 6. The van der Waals surface area contributed by atoms with E-state index in [0.717, 1.165) is 36.1 Å². The van der Waals surface area contributed by atoms with Crippen LogP contribution >= 0.6 is 136 Å². The van der Waals surface area contributed by atoms with Gasteiger partial charge in [-0.15, -0.1) is 0 Å². The molecule has 240 valence electrons. The number of carbonyl (C=O) groups excluding carboxylic acids is 2. The molecule has 0 N–H and O–H groups in total. The van der Waals surface area contributed by atoms with Crippen LogP contribution in [0.2, 0.25) is 0 Å². The van der Waals surface area contributed by atoms with Crippen molar-refractivity contribution in [2.24, 2.45) is 0 Å². The zero-order valence-corrected chi connectivity index (χ0v) is 37.6. The highest BCUT2D eigenvalue weighted by molar-refractivity contribution is 14.1. The van der Waals surface area contributed by atoms with E-state index in [2.05, 4.69) is 148 Å². The molecule has 0 heterocycles. The Morgan fingerprint density at radius 2 is 0.830 bits per heavy atom. The number of benzene rings is 5. The average Bonchev–Trinajstić information content (AvgIpc) is 3.04. The third kappa shape index (κ3) is 10.7. The minimum Gasteiger partial charge on any atom is -0.482 e. The van der Waals surface area contributed by atoms with Gasteiger partial charge in [0.05, 0.1) is 25.2 Å². The molecule has 0 fully saturated rings. The van der Waals surface area contributed by atoms with E-state index in [0.29, 0.717) is 23.0 Å². The van der Waals surface area contributed by atoms with Crippen molar-refractivity contribution in [1.82, 2.24) is 0 Å². The van der Waals surface area contributed by atoms with Gasteiger partial charge in [-0.25, -0.2) is 9.59 Å². The summed E-state index contributed by atoms with van der Waals surface area (Å²) in [7, 11) is -0.423. The molecule has 6 nitrogen and oxygen atoms in total. The summed E-state index contributed by atoms with van der Waals surface area (Å²) in [5.74, 6) is 1.30. The van der Waals surface area contributed by atoms with Crippen LogP contribution in [0.4, 0.5) is 0 Å². The Kier molecular flexibility index (Phi) is 14.4. The maximum atomic E-state index is 12.6. The van der Waals surface area contributed by atoms with E-state index in [-0.39, 0.29) is 13.2 Å². The molecule has 0 saturated heterocycles. The summed E-state index contributed by atoms with van der Waals surface area (Å²) >= 11 is 13.1. The van der Waals surface area contributed by atoms with Crippen molar-refractivity contribution in [1.29, 1.82) is 0 Å². The fourth-order valence-electron chi connectivity index (χ4n) is 4.13. The molecule has 0 spiro atoms. The van der Waals surface area contributed by atoms with Crippen molar-refractivity contribution in [3.05, 3.63) is 125 Å². The molecule has 0 aromatic heterocycles.